The van der Waals surface area contributed by atoms with Crippen LogP contribution >= 0.6 is 0 Å². The third kappa shape index (κ3) is 6.01. The molecule has 9 heteroatoms. The summed E-state index contributed by atoms with van der Waals surface area (Å²) in [7, 11) is -3.55. The van der Waals surface area contributed by atoms with E-state index in [4.69, 9.17) is 4.74 Å². The quantitative estimate of drug-likeness (QED) is 0.665. The molecule has 0 unspecified atom stereocenters. The van der Waals surface area contributed by atoms with E-state index in [-0.39, 0.29) is 10.8 Å². The van der Waals surface area contributed by atoms with Crippen molar-refractivity contribution in [3.8, 4) is 0 Å². The van der Waals surface area contributed by atoms with Crippen molar-refractivity contribution in [1.82, 2.24) is 9.29 Å². The Morgan fingerprint density at radius 1 is 1.20 bits per heavy atom. The fraction of sp³-hybridized carbons (Fsp3) is 0.429. The number of morpholine rings is 1. The molecule has 1 aromatic heterocycles. The number of rotatable bonds is 8. The van der Waals surface area contributed by atoms with E-state index in [1.165, 1.54) is 10.5 Å². The van der Waals surface area contributed by atoms with Gasteiger partial charge in [-0.3, -0.25) is 4.79 Å². The van der Waals surface area contributed by atoms with E-state index in [1.54, 1.807) is 12.1 Å². The highest BCUT2D eigenvalue weighted by molar-refractivity contribution is 7.89. The second kappa shape index (κ2) is 10.0. The molecule has 30 heavy (non-hydrogen) atoms. The van der Waals surface area contributed by atoms with Crippen LogP contribution in [0, 0.1) is 5.92 Å². The summed E-state index contributed by atoms with van der Waals surface area (Å²) in [5.41, 5.74) is 1.73. The molecule has 1 aliphatic rings. The Hall–Kier alpha value is -2.49. The zero-order valence-corrected chi connectivity index (χ0v) is 18.1. The highest BCUT2D eigenvalue weighted by Crippen LogP contribution is 2.18. The minimum atomic E-state index is -3.55. The highest BCUT2D eigenvalue weighted by Gasteiger charge is 2.26. The minimum absolute atomic E-state index is 0.00570. The molecule has 0 atom stereocenters. The topological polar surface area (TPSA) is 101 Å². The third-order valence-electron chi connectivity index (χ3n) is 4.62. The van der Waals surface area contributed by atoms with Gasteiger partial charge in [0.15, 0.2) is 0 Å². The predicted molar refractivity (Wildman–Crippen MR) is 116 cm³/mol. The fourth-order valence-corrected chi connectivity index (χ4v) is 4.46. The summed E-state index contributed by atoms with van der Waals surface area (Å²) in [5, 5.41) is 6.08. The number of carbonyl (C=O) groups excluding carboxylic acids is 1. The normalized spacial score (nSPS) is 15.2. The van der Waals surface area contributed by atoms with E-state index >= 15 is 0 Å². The van der Waals surface area contributed by atoms with E-state index in [1.807, 2.05) is 38.1 Å². The Morgan fingerprint density at radius 2 is 1.97 bits per heavy atom. The molecule has 2 N–H and O–H groups in total. The Bertz CT molecular complexity index is 955. The summed E-state index contributed by atoms with van der Waals surface area (Å²) in [4.78, 5) is 16.4. The van der Waals surface area contributed by atoms with E-state index < -0.39 is 10.0 Å². The molecule has 0 bridgehead atoms. The van der Waals surface area contributed by atoms with Crippen LogP contribution in [0.4, 0.5) is 11.5 Å². The van der Waals surface area contributed by atoms with Gasteiger partial charge in [0.05, 0.1) is 13.2 Å². The van der Waals surface area contributed by atoms with Crippen molar-refractivity contribution in [3.63, 3.8) is 0 Å². The number of benzene rings is 1. The molecule has 1 aromatic carbocycles. The van der Waals surface area contributed by atoms with E-state index in [2.05, 4.69) is 15.6 Å². The molecule has 1 amide bonds. The maximum absolute atomic E-state index is 12.6. The molecular formula is C21H28N4O4S. The van der Waals surface area contributed by atoms with Gasteiger partial charge in [0, 0.05) is 37.9 Å². The lowest BCUT2D eigenvalue weighted by molar-refractivity contribution is -0.116. The summed E-state index contributed by atoms with van der Waals surface area (Å²) in [5.74, 6) is 0.870. The minimum Gasteiger partial charge on any atom is -0.379 e. The van der Waals surface area contributed by atoms with Crippen molar-refractivity contribution in [2.24, 2.45) is 5.92 Å². The zero-order valence-electron chi connectivity index (χ0n) is 17.3. The number of aromatic nitrogens is 1. The fourth-order valence-electron chi connectivity index (χ4n) is 3.11. The number of nitrogens with zero attached hydrogens (tertiary/aromatic N) is 2. The van der Waals surface area contributed by atoms with Crippen LogP contribution in [0.2, 0.25) is 0 Å². The van der Waals surface area contributed by atoms with Gasteiger partial charge in [-0.25, -0.2) is 13.4 Å². The smallest absolute Gasteiger partial charge is 0.244 e. The summed E-state index contributed by atoms with van der Waals surface area (Å²) in [6.07, 6.45) is 1.85. The SMILES string of the molecule is CC(C)CC(=O)Nc1cccc(CNc2ccc(S(=O)(=O)N3CCOCC3)cn2)c1. The third-order valence-corrected chi connectivity index (χ3v) is 6.50. The molecule has 3 rings (SSSR count). The number of nitrogens with one attached hydrogen (secondary N) is 2. The Morgan fingerprint density at radius 3 is 2.63 bits per heavy atom. The molecule has 0 radical (unpaired) electrons. The van der Waals surface area contributed by atoms with Crippen LogP contribution in [0.15, 0.2) is 47.5 Å². The first kappa shape index (κ1) is 22.2. The predicted octanol–water partition coefficient (Wildman–Crippen LogP) is 2.70. The van der Waals surface area contributed by atoms with Gasteiger partial charge in [-0.2, -0.15) is 4.31 Å². The van der Waals surface area contributed by atoms with Crippen LogP contribution in [0.5, 0.6) is 0 Å². The number of hydrogen-bond acceptors (Lipinski definition) is 6. The number of ether oxygens (including phenoxy) is 1. The number of hydrogen-bond donors (Lipinski definition) is 2. The van der Waals surface area contributed by atoms with Crippen LogP contribution in [0.25, 0.3) is 0 Å². The number of pyridine rings is 1. The van der Waals surface area contributed by atoms with Gasteiger partial charge in [-0.1, -0.05) is 26.0 Å². The number of anilines is 2. The molecule has 0 aliphatic carbocycles. The number of carbonyl (C=O) groups is 1. The first-order chi connectivity index (χ1) is 14.3. The Balaban J connectivity index is 1.59. The van der Waals surface area contributed by atoms with Gasteiger partial charge in [-0.15, -0.1) is 0 Å². The molecule has 0 spiro atoms. The molecule has 1 saturated heterocycles. The molecule has 8 nitrogen and oxygen atoms in total. The zero-order chi connectivity index (χ0) is 21.6. The lowest BCUT2D eigenvalue weighted by Gasteiger charge is -2.25. The van der Waals surface area contributed by atoms with Crippen LogP contribution in [0.3, 0.4) is 0 Å². The van der Waals surface area contributed by atoms with Gasteiger partial charge in [0.2, 0.25) is 15.9 Å². The first-order valence-corrected chi connectivity index (χ1v) is 11.5. The van der Waals surface area contributed by atoms with Crippen molar-refractivity contribution in [1.29, 1.82) is 0 Å². The van der Waals surface area contributed by atoms with Crippen molar-refractivity contribution >= 4 is 27.4 Å². The molecule has 0 saturated carbocycles. The maximum Gasteiger partial charge on any atom is 0.244 e. The lowest BCUT2D eigenvalue weighted by atomic mass is 10.1. The van der Waals surface area contributed by atoms with E-state index in [9.17, 15) is 13.2 Å². The summed E-state index contributed by atoms with van der Waals surface area (Å²) >= 11 is 0. The molecule has 2 aromatic rings. The number of amides is 1. The average molecular weight is 433 g/mol. The maximum atomic E-state index is 12.6. The first-order valence-electron chi connectivity index (χ1n) is 10.0. The average Bonchev–Trinajstić information content (AvgIpc) is 2.73. The molecule has 162 valence electrons. The van der Waals surface area contributed by atoms with Crippen molar-refractivity contribution in [2.75, 3.05) is 36.9 Å². The number of sulfonamides is 1. The monoisotopic (exact) mass is 432 g/mol. The van der Waals surface area contributed by atoms with Gasteiger partial charge in [0.1, 0.15) is 10.7 Å². The summed E-state index contributed by atoms with van der Waals surface area (Å²) in [6, 6.07) is 10.8. The van der Waals surface area contributed by atoms with Crippen molar-refractivity contribution in [3.05, 3.63) is 48.2 Å². The van der Waals surface area contributed by atoms with Crippen LogP contribution in [-0.4, -0.2) is 49.9 Å². The second-order valence-corrected chi connectivity index (χ2v) is 9.53. The molecule has 1 aliphatic heterocycles. The van der Waals surface area contributed by atoms with Crippen LogP contribution < -0.4 is 10.6 Å². The van der Waals surface area contributed by atoms with Gasteiger partial charge in [0.25, 0.3) is 0 Å². The van der Waals surface area contributed by atoms with Gasteiger partial charge in [-0.05, 0) is 35.7 Å². The van der Waals surface area contributed by atoms with Crippen molar-refractivity contribution < 1.29 is 17.9 Å². The lowest BCUT2D eigenvalue weighted by Crippen LogP contribution is -2.40. The molecular weight excluding hydrogens is 404 g/mol. The molecule has 1 fully saturated rings. The summed E-state index contributed by atoms with van der Waals surface area (Å²) in [6.45, 7) is 6.02. The second-order valence-electron chi connectivity index (χ2n) is 7.60. The van der Waals surface area contributed by atoms with E-state index in [0.29, 0.717) is 51.0 Å². The van der Waals surface area contributed by atoms with Crippen LogP contribution in [0.1, 0.15) is 25.8 Å². The van der Waals surface area contributed by atoms with Crippen LogP contribution in [-0.2, 0) is 26.1 Å². The largest absolute Gasteiger partial charge is 0.379 e. The van der Waals surface area contributed by atoms with Gasteiger partial charge < -0.3 is 15.4 Å². The summed E-state index contributed by atoms with van der Waals surface area (Å²) < 4.78 is 31.9. The van der Waals surface area contributed by atoms with E-state index in [0.717, 1.165) is 11.3 Å². The Labute approximate surface area is 177 Å². The van der Waals surface area contributed by atoms with Crippen molar-refractivity contribution in [2.45, 2.75) is 31.7 Å². The standard InChI is InChI=1S/C21H28N4O4S/c1-16(2)12-21(26)24-18-5-3-4-17(13-18)14-22-20-7-6-19(15-23-20)30(27,28)25-8-10-29-11-9-25/h3-7,13,15-16H,8-12,14H2,1-2H3,(H,22,23)(H,24,26). The Kier molecular flexibility index (Phi) is 7.41. The highest BCUT2D eigenvalue weighted by atomic mass is 32.2. The molecule has 2 heterocycles. The van der Waals surface area contributed by atoms with Gasteiger partial charge >= 0.3 is 0 Å².